The van der Waals surface area contributed by atoms with Gasteiger partial charge in [-0.05, 0) is 23.6 Å². The fourth-order valence-corrected chi connectivity index (χ4v) is 5.90. The molecule has 0 fully saturated rings. The first-order chi connectivity index (χ1) is 14.1. The molecule has 0 aliphatic carbocycles. The first kappa shape index (κ1) is 19.5. The van der Waals surface area contributed by atoms with Crippen molar-refractivity contribution in [1.29, 1.82) is 0 Å². The van der Waals surface area contributed by atoms with Gasteiger partial charge in [-0.2, -0.15) is 0 Å². The fraction of sp³-hybridized carbons (Fsp3) is 0.190. The third kappa shape index (κ3) is 3.86. The maximum Gasteiger partial charge on any atom is 0.219 e. The van der Waals surface area contributed by atoms with Crippen molar-refractivity contribution in [1.82, 2.24) is 15.0 Å². The predicted octanol–water partition coefficient (Wildman–Crippen LogP) is 4.49. The van der Waals surface area contributed by atoms with E-state index in [2.05, 4.69) is 16.9 Å². The summed E-state index contributed by atoms with van der Waals surface area (Å²) in [6.45, 7) is 2.08. The topological polar surface area (TPSA) is 108 Å². The normalized spacial score (nSPS) is 12.3. The Hall–Kier alpha value is -2.84. The summed E-state index contributed by atoms with van der Waals surface area (Å²) in [6, 6.07) is 12.0. The molecule has 0 aliphatic heterocycles. The third-order valence-electron chi connectivity index (χ3n) is 4.61. The number of anilines is 2. The minimum absolute atomic E-state index is 0.215. The second kappa shape index (κ2) is 8.26. The number of nitrogens with two attached hydrogens (primary N) is 2. The molecule has 0 radical (unpaired) electrons. The number of unbranched alkanes of at least 4 members (excludes halogenated alkanes) is 1. The molecular formula is C21H21N5OS2. The van der Waals surface area contributed by atoms with Gasteiger partial charge in [-0.15, -0.1) is 11.3 Å². The molecule has 0 spiro atoms. The lowest BCUT2D eigenvalue weighted by molar-refractivity contribution is 0.681. The summed E-state index contributed by atoms with van der Waals surface area (Å²) in [7, 11) is -1.13. The van der Waals surface area contributed by atoms with Gasteiger partial charge in [0.25, 0.3) is 0 Å². The zero-order valence-electron chi connectivity index (χ0n) is 16.0. The van der Waals surface area contributed by atoms with E-state index in [1.54, 1.807) is 12.4 Å². The van der Waals surface area contributed by atoms with Crippen LogP contribution in [0.2, 0.25) is 0 Å². The van der Waals surface area contributed by atoms with E-state index < -0.39 is 10.8 Å². The van der Waals surface area contributed by atoms with Gasteiger partial charge in [0.2, 0.25) is 5.95 Å². The molecule has 4 N–H and O–H groups in total. The number of pyridine rings is 1. The number of nitrogen functional groups attached to an aromatic ring is 2. The minimum atomic E-state index is -1.13. The molecule has 0 bridgehead atoms. The summed E-state index contributed by atoms with van der Waals surface area (Å²) >= 11 is 1.40. The van der Waals surface area contributed by atoms with Gasteiger partial charge in [0, 0.05) is 29.1 Å². The van der Waals surface area contributed by atoms with Gasteiger partial charge < -0.3 is 11.5 Å². The van der Waals surface area contributed by atoms with Crippen molar-refractivity contribution >= 4 is 44.0 Å². The number of aromatic nitrogens is 3. The molecule has 4 aromatic rings. The van der Waals surface area contributed by atoms with E-state index in [1.807, 2.05) is 36.4 Å². The highest BCUT2D eigenvalue weighted by atomic mass is 32.2. The van der Waals surface area contributed by atoms with Gasteiger partial charge in [0.05, 0.1) is 22.2 Å². The molecular weight excluding hydrogens is 402 g/mol. The van der Waals surface area contributed by atoms with Crippen molar-refractivity contribution in [3.63, 3.8) is 0 Å². The third-order valence-corrected chi connectivity index (χ3v) is 7.60. The zero-order chi connectivity index (χ0) is 20.4. The molecule has 1 aromatic carbocycles. The molecule has 0 amide bonds. The highest BCUT2D eigenvalue weighted by Crippen LogP contribution is 2.42. The average molecular weight is 424 g/mol. The van der Waals surface area contributed by atoms with Gasteiger partial charge >= 0.3 is 0 Å². The monoisotopic (exact) mass is 423 g/mol. The van der Waals surface area contributed by atoms with E-state index in [9.17, 15) is 4.21 Å². The van der Waals surface area contributed by atoms with Crippen LogP contribution >= 0.6 is 11.3 Å². The lowest BCUT2D eigenvalue weighted by Crippen LogP contribution is -1.99. The quantitative estimate of drug-likeness (QED) is 0.473. The Balaban J connectivity index is 1.94. The van der Waals surface area contributed by atoms with Crippen LogP contribution in [0.25, 0.3) is 32.6 Å². The molecule has 0 saturated carbocycles. The van der Waals surface area contributed by atoms with Gasteiger partial charge in [0.15, 0.2) is 0 Å². The smallest absolute Gasteiger partial charge is 0.219 e. The van der Waals surface area contributed by atoms with Crippen LogP contribution in [0.4, 0.5) is 11.6 Å². The van der Waals surface area contributed by atoms with Crippen LogP contribution in [-0.4, -0.2) is 24.9 Å². The van der Waals surface area contributed by atoms with Crippen LogP contribution in [0.15, 0.2) is 53.0 Å². The Bertz CT molecular complexity index is 1170. The molecule has 1 unspecified atom stereocenters. The molecule has 8 heteroatoms. The Kier molecular flexibility index (Phi) is 5.55. The zero-order valence-corrected chi connectivity index (χ0v) is 17.6. The standard InChI is InChI=1S/C21H21N5OS2/c1-2-3-9-29(27)20-18(22)17-15(13-7-5-4-6-8-13)10-16(26-19(17)28-20)14-11-24-21(23)25-12-14/h4-8,10-12H,2-3,9,22H2,1H3,(H2,23,24,25). The van der Waals surface area contributed by atoms with Crippen LogP contribution in [0.3, 0.4) is 0 Å². The largest absolute Gasteiger partial charge is 0.396 e. The Morgan fingerprint density at radius 2 is 1.79 bits per heavy atom. The van der Waals surface area contributed by atoms with Crippen molar-refractivity contribution in [3.8, 4) is 22.4 Å². The number of benzene rings is 1. The van der Waals surface area contributed by atoms with E-state index in [1.165, 1.54) is 11.3 Å². The Morgan fingerprint density at radius 1 is 1.07 bits per heavy atom. The van der Waals surface area contributed by atoms with Gasteiger partial charge in [0.1, 0.15) is 9.04 Å². The van der Waals surface area contributed by atoms with Crippen molar-refractivity contribution in [2.24, 2.45) is 0 Å². The molecule has 3 aromatic heterocycles. The summed E-state index contributed by atoms with van der Waals surface area (Å²) in [5, 5.41) is 0.848. The number of nitrogens with zero attached hydrogens (tertiary/aromatic N) is 3. The predicted molar refractivity (Wildman–Crippen MR) is 121 cm³/mol. The summed E-state index contributed by atoms with van der Waals surface area (Å²) in [5.74, 6) is 0.819. The lowest BCUT2D eigenvalue weighted by Gasteiger charge is -2.08. The summed E-state index contributed by atoms with van der Waals surface area (Å²) in [5.41, 5.74) is 16.1. The van der Waals surface area contributed by atoms with E-state index in [-0.39, 0.29) is 5.95 Å². The second-order valence-electron chi connectivity index (χ2n) is 6.64. The highest BCUT2D eigenvalue weighted by Gasteiger charge is 2.20. The maximum absolute atomic E-state index is 12.8. The minimum Gasteiger partial charge on any atom is -0.396 e. The van der Waals surface area contributed by atoms with Crippen molar-refractivity contribution in [2.75, 3.05) is 17.2 Å². The van der Waals surface area contributed by atoms with Gasteiger partial charge in [-0.25, -0.2) is 15.0 Å². The van der Waals surface area contributed by atoms with Crippen molar-refractivity contribution < 1.29 is 4.21 Å². The lowest BCUT2D eigenvalue weighted by atomic mass is 10.0. The number of hydrogen-bond acceptors (Lipinski definition) is 7. The first-order valence-corrected chi connectivity index (χ1v) is 11.5. The van der Waals surface area contributed by atoms with E-state index in [0.29, 0.717) is 15.6 Å². The molecule has 29 heavy (non-hydrogen) atoms. The van der Waals surface area contributed by atoms with Crippen LogP contribution in [-0.2, 0) is 10.8 Å². The average Bonchev–Trinajstić information content (AvgIpc) is 3.09. The van der Waals surface area contributed by atoms with Crippen molar-refractivity contribution in [2.45, 2.75) is 24.0 Å². The molecule has 1 atom stereocenters. The number of rotatable bonds is 6. The summed E-state index contributed by atoms with van der Waals surface area (Å²) < 4.78 is 13.5. The van der Waals surface area contributed by atoms with E-state index in [0.717, 1.165) is 45.4 Å². The molecule has 3 heterocycles. The summed E-state index contributed by atoms with van der Waals surface area (Å²) in [4.78, 5) is 13.7. The van der Waals surface area contributed by atoms with Crippen LogP contribution in [0.1, 0.15) is 19.8 Å². The molecule has 4 rings (SSSR count). The number of fused-ring (bicyclic) bond motifs is 1. The summed E-state index contributed by atoms with van der Waals surface area (Å²) in [6.07, 6.45) is 5.20. The van der Waals surface area contributed by atoms with Gasteiger partial charge in [-0.3, -0.25) is 4.21 Å². The van der Waals surface area contributed by atoms with Crippen LogP contribution in [0.5, 0.6) is 0 Å². The SMILES string of the molecule is CCCCS(=O)c1sc2nc(-c3cnc(N)nc3)cc(-c3ccccc3)c2c1N. The molecule has 0 aliphatic rings. The molecule has 6 nitrogen and oxygen atoms in total. The molecule has 0 saturated heterocycles. The fourth-order valence-electron chi connectivity index (χ4n) is 3.10. The Labute approximate surface area is 175 Å². The van der Waals surface area contributed by atoms with Gasteiger partial charge in [-0.1, -0.05) is 43.7 Å². The second-order valence-corrected chi connectivity index (χ2v) is 9.40. The van der Waals surface area contributed by atoms with Crippen molar-refractivity contribution in [3.05, 3.63) is 48.8 Å². The van der Waals surface area contributed by atoms with E-state index in [4.69, 9.17) is 16.5 Å². The number of thiophene rings is 1. The first-order valence-electron chi connectivity index (χ1n) is 9.33. The number of hydrogen-bond donors (Lipinski definition) is 2. The Morgan fingerprint density at radius 3 is 2.48 bits per heavy atom. The highest BCUT2D eigenvalue weighted by molar-refractivity contribution is 7.87. The maximum atomic E-state index is 12.8. The van der Waals surface area contributed by atoms with Crippen LogP contribution in [0, 0.1) is 0 Å². The molecule has 148 valence electrons. The van der Waals surface area contributed by atoms with E-state index >= 15 is 0 Å². The van der Waals surface area contributed by atoms with Crippen LogP contribution < -0.4 is 11.5 Å².